The van der Waals surface area contributed by atoms with Crippen molar-refractivity contribution in [3.05, 3.63) is 74.2 Å². The van der Waals surface area contributed by atoms with Gasteiger partial charge < -0.3 is 4.74 Å². The van der Waals surface area contributed by atoms with Crippen molar-refractivity contribution in [3.63, 3.8) is 0 Å². The monoisotopic (exact) mass is 389 g/mol. The molecule has 1 aliphatic carbocycles. The van der Waals surface area contributed by atoms with Gasteiger partial charge in [-0.2, -0.15) is 0 Å². The molecule has 1 saturated carbocycles. The molecule has 1 fully saturated rings. The number of nitro groups is 1. The fourth-order valence-electron chi connectivity index (χ4n) is 3.23. The third kappa shape index (κ3) is 3.06. The van der Waals surface area contributed by atoms with E-state index in [-0.39, 0.29) is 29.4 Å². The Balaban J connectivity index is 1.94. The summed E-state index contributed by atoms with van der Waals surface area (Å²) in [6.07, 6.45) is 0. The Morgan fingerprint density at radius 3 is 2.42 bits per heavy atom. The van der Waals surface area contributed by atoms with E-state index in [1.807, 2.05) is 30.3 Å². The highest BCUT2D eigenvalue weighted by Crippen LogP contribution is 2.61. The lowest BCUT2D eigenvalue weighted by atomic mass is 10.0. The molecular formula is C18H16BrNO4. The minimum Gasteiger partial charge on any atom is -0.466 e. The maximum absolute atomic E-state index is 12.3. The molecule has 124 valence electrons. The number of nitro benzene ring substituents is 1. The van der Waals surface area contributed by atoms with E-state index in [1.54, 1.807) is 19.1 Å². The van der Waals surface area contributed by atoms with Gasteiger partial charge in [0.25, 0.3) is 5.69 Å². The lowest BCUT2D eigenvalue weighted by Gasteiger charge is -2.03. The summed E-state index contributed by atoms with van der Waals surface area (Å²) in [5.74, 6) is -0.450. The maximum Gasteiger partial charge on any atom is 0.310 e. The third-order valence-electron chi connectivity index (χ3n) is 4.32. The molecule has 0 radical (unpaired) electrons. The van der Waals surface area contributed by atoms with E-state index in [2.05, 4.69) is 15.9 Å². The summed E-state index contributed by atoms with van der Waals surface area (Å²) in [4.78, 5) is 22.8. The van der Waals surface area contributed by atoms with Gasteiger partial charge in [-0.25, -0.2) is 0 Å². The molecule has 0 spiro atoms. The summed E-state index contributed by atoms with van der Waals surface area (Å²) < 4.78 is 5.63. The average Bonchev–Trinajstić information content (AvgIpc) is 3.31. The molecule has 1 aliphatic rings. The molecule has 5 nitrogen and oxygen atoms in total. The van der Waals surface area contributed by atoms with E-state index in [0.717, 1.165) is 11.1 Å². The number of rotatable bonds is 5. The molecule has 0 bridgehead atoms. The standard InChI is InChI=1S/C18H16BrNO4/c1-2-24-18(21)17-15(11-6-4-3-5-7-11)16(17)12-8-9-14(20(22)23)13(19)10-12/h3-10,15-17H,2H2,1H3/t15-,16-,17-/m1/s1. The number of nitrogens with zero attached hydrogens (tertiary/aromatic N) is 1. The van der Waals surface area contributed by atoms with Crippen molar-refractivity contribution in [2.75, 3.05) is 6.61 Å². The first-order valence-corrected chi connectivity index (χ1v) is 8.49. The van der Waals surface area contributed by atoms with Crippen molar-refractivity contribution in [2.24, 2.45) is 5.92 Å². The normalized spacial score (nSPS) is 22.0. The Morgan fingerprint density at radius 1 is 1.17 bits per heavy atom. The number of hydrogen-bond acceptors (Lipinski definition) is 4. The molecule has 2 aromatic rings. The molecule has 6 heteroatoms. The third-order valence-corrected chi connectivity index (χ3v) is 4.95. The fraction of sp³-hybridized carbons (Fsp3) is 0.278. The zero-order chi connectivity index (χ0) is 17.3. The number of benzene rings is 2. The molecule has 24 heavy (non-hydrogen) atoms. The molecule has 2 aromatic carbocycles. The van der Waals surface area contributed by atoms with Gasteiger partial charge in [0.15, 0.2) is 0 Å². The van der Waals surface area contributed by atoms with Crippen molar-refractivity contribution in [1.82, 2.24) is 0 Å². The first kappa shape index (κ1) is 16.6. The van der Waals surface area contributed by atoms with Crippen LogP contribution >= 0.6 is 15.9 Å². The molecule has 3 rings (SSSR count). The molecule has 0 saturated heterocycles. The lowest BCUT2D eigenvalue weighted by molar-refractivity contribution is -0.385. The fourth-order valence-corrected chi connectivity index (χ4v) is 3.77. The molecule has 0 aromatic heterocycles. The molecule has 0 amide bonds. The number of hydrogen-bond donors (Lipinski definition) is 0. The Kier molecular flexibility index (Phi) is 4.66. The van der Waals surface area contributed by atoms with Crippen LogP contribution in [0, 0.1) is 16.0 Å². The van der Waals surface area contributed by atoms with E-state index in [0.29, 0.717) is 11.1 Å². The van der Waals surface area contributed by atoms with Crippen molar-refractivity contribution >= 4 is 27.6 Å². The summed E-state index contributed by atoms with van der Waals surface area (Å²) in [7, 11) is 0. The molecular weight excluding hydrogens is 374 g/mol. The second-order valence-electron chi connectivity index (χ2n) is 5.71. The highest BCUT2D eigenvalue weighted by molar-refractivity contribution is 9.10. The summed E-state index contributed by atoms with van der Waals surface area (Å²) in [5, 5.41) is 11.0. The van der Waals surface area contributed by atoms with Crippen LogP contribution in [0.1, 0.15) is 29.9 Å². The van der Waals surface area contributed by atoms with Crippen LogP contribution in [-0.4, -0.2) is 17.5 Å². The number of esters is 1. The average molecular weight is 390 g/mol. The second-order valence-corrected chi connectivity index (χ2v) is 6.56. The van der Waals surface area contributed by atoms with Crippen LogP contribution in [0.3, 0.4) is 0 Å². The number of halogens is 1. The lowest BCUT2D eigenvalue weighted by Crippen LogP contribution is -2.08. The van der Waals surface area contributed by atoms with Gasteiger partial charge in [0.05, 0.1) is 21.9 Å². The van der Waals surface area contributed by atoms with Crippen LogP contribution in [0.5, 0.6) is 0 Å². The first-order valence-electron chi connectivity index (χ1n) is 7.70. The van der Waals surface area contributed by atoms with Gasteiger partial charge >= 0.3 is 5.97 Å². The SMILES string of the molecule is CCOC(=O)[C@@H]1[C@H](c2ccccc2)[C@H]1c1ccc([N+](=O)[O-])c(Br)c1. The van der Waals surface area contributed by atoms with Crippen LogP contribution in [-0.2, 0) is 9.53 Å². The summed E-state index contributed by atoms with van der Waals surface area (Å²) in [6, 6.07) is 14.7. The van der Waals surface area contributed by atoms with E-state index < -0.39 is 4.92 Å². The molecule has 3 atom stereocenters. The van der Waals surface area contributed by atoms with E-state index in [1.165, 1.54) is 6.07 Å². The zero-order valence-corrected chi connectivity index (χ0v) is 14.6. The van der Waals surface area contributed by atoms with Crippen LogP contribution < -0.4 is 0 Å². The first-order chi connectivity index (χ1) is 11.5. The van der Waals surface area contributed by atoms with Gasteiger partial charge in [0, 0.05) is 17.9 Å². The van der Waals surface area contributed by atoms with Crippen molar-refractivity contribution in [3.8, 4) is 0 Å². The maximum atomic E-state index is 12.3. The van der Waals surface area contributed by atoms with Gasteiger partial charge in [0.2, 0.25) is 0 Å². The van der Waals surface area contributed by atoms with Crippen molar-refractivity contribution in [2.45, 2.75) is 18.8 Å². The summed E-state index contributed by atoms with van der Waals surface area (Å²) in [6.45, 7) is 2.13. The quantitative estimate of drug-likeness (QED) is 0.431. The molecule has 0 heterocycles. The smallest absolute Gasteiger partial charge is 0.310 e. The highest BCUT2D eigenvalue weighted by Gasteiger charge is 2.57. The van der Waals surface area contributed by atoms with Gasteiger partial charge in [-0.3, -0.25) is 14.9 Å². The Labute approximate surface area is 147 Å². The molecule has 0 N–H and O–H groups in total. The van der Waals surface area contributed by atoms with Crippen LogP contribution in [0.2, 0.25) is 0 Å². The van der Waals surface area contributed by atoms with Crippen LogP contribution in [0.4, 0.5) is 5.69 Å². The Hall–Kier alpha value is -2.21. The van der Waals surface area contributed by atoms with Crippen LogP contribution in [0.15, 0.2) is 53.0 Å². The molecule has 0 unspecified atom stereocenters. The van der Waals surface area contributed by atoms with E-state index >= 15 is 0 Å². The largest absolute Gasteiger partial charge is 0.466 e. The number of carbonyl (C=O) groups is 1. The van der Waals surface area contributed by atoms with E-state index in [4.69, 9.17) is 4.74 Å². The zero-order valence-electron chi connectivity index (χ0n) is 13.0. The second kappa shape index (κ2) is 6.73. The van der Waals surface area contributed by atoms with Crippen molar-refractivity contribution < 1.29 is 14.5 Å². The van der Waals surface area contributed by atoms with Crippen molar-refractivity contribution in [1.29, 1.82) is 0 Å². The highest BCUT2D eigenvalue weighted by atomic mass is 79.9. The minimum absolute atomic E-state index is 0.0170. The predicted molar refractivity (Wildman–Crippen MR) is 92.8 cm³/mol. The summed E-state index contributed by atoms with van der Waals surface area (Å²) >= 11 is 3.25. The molecule has 0 aliphatic heterocycles. The Bertz CT molecular complexity index is 778. The van der Waals surface area contributed by atoms with Gasteiger partial charge in [0.1, 0.15) is 0 Å². The number of ether oxygens (including phenoxy) is 1. The number of carbonyl (C=O) groups excluding carboxylic acids is 1. The minimum atomic E-state index is -0.432. The topological polar surface area (TPSA) is 69.4 Å². The van der Waals surface area contributed by atoms with E-state index in [9.17, 15) is 14.9 Å². The van der Waals surface area contributed by atoms with Gasteiger partial charge in [-0.05, 0) is 40.0 Å². The predicted octanol–water partition coefficient (Wildman–Crippen LogP) is 4.42. The van der Waals surface area contributed by atoms with Crippen LogP contribution in [0.25, 0.3) is 0 Å². The van der Waals surface area contributed by atoms with Gasteiger partial charge in [-0.1, -0.05) is 36.4 Å². The van der Waals surface area contributed by atoms with Gasteiger partial charge in [-0.15, -0.1) is 0 Å². The Morgan fingerprint density at radius 2 is 1.83 bits per heavy atom. The summed E-state index contributed by atoms with van der Waals surface area (Å²) in [5.41, 5.74) is 2.00.